The molecule has 2 atom stereocenters. The van der Waals surface area contributed by atoms with Crippen molar-refractivity contribution in [3.05, 3.63) is 54.1 Å². The highest BCUT2D eigenvalue weighted by molar-refractivity contribution is 5.85. The van der Waals surface area contributed by atoms with Gasteiger partial charge in [-0.25, -0.2) is 4.98 Å². The second-order valence-electron chi connectivity index (χ2n) is 6.48. The van der Waals surface area contributed by atoms with Gasteiger partial charge in [-0.05, 0) is 42.7 Å². The number of benzene rings is 2. The fourth-order valence-electron chi connectivity index (χ4n) is 3.27. The molecule has 1 saturated carbocycles. The molecule has 1 aliphatic carbocycles. The highest BCUT2D eigenvalue weighted by Gasteiger charge is 2.22. The number of fused-ring (bicyclic) bond motifs is 1. The van der Waals surface area contributed by atoms with Crippen molar-refractivity contribution in [2.24, 2.45) is 5.73 Å². The van der Waals surface area contributed by atoms with Crippen LogP contribution in [0.1, 0.15) is 31.2 Å². The van der Waals surface area contributed by atoms with Gasteiger partial charge in [0.05, 0.1) is 12.7 Å². The maximum Gasteiger partial charge on any atom is 0.227 e. The summed E-state index contributed by atoms with van der Waals surface area (Å²) in [4.78, 5) is 4.53. The molecule has 4 rings (SSSR count). The molecule has 1 aromatic heterocycles. The maximum absolute atomic E-state index is 6.13. The predicted molar refractivity (Wildman–Crippen MR) is 102 cm³/mol. The molecule has 1 aliphatic rings. The Morgan fingerprint density at radius 3 is 2.56 bits per heavy atom. The molecule has 132 valence electrons. The van der Waals surface area contributed by atoms with Crippen LogP contribution in [0, 0.1) is 0 Å². The highest BCUT2D eigenvalue weighted by atomic mass is 35.5. The summed E-state index contributed by atoms with van der Waals surface area (Å²) in [6.07, 6.45) is 4.77. The minimum atomic E-state index is 0. The quantitative estimate of drug-likeness (QED) is 0.734. The lowest BCUT2D eigenvalue weighted by Crippen LogP contribution is -2.39. The number of halogens is 1. The zero-order chi connectivity index (χ0) is 16.4. The topological polar surface area (TPSA) is 61.3 Å². The van der Waals surface area contributed by atoms with E-state index in [4.69, 9.17) is 14.9 Å². The van der Waals surface area contributed by atoms with Crippen LogP contribution < -0.4 is 5.73 Å². The van der Waals surface area contributed by atoms with E-state index in [0.29, 0.717) is 12.5 Å². The molecule has 0 aliphatic heterocycles. The molecule has 0 unspecified atom stereocenters. The Bertz CT molecular complexity index is 783. The summed E-state index contributed by atoms with van der Waals surface area (Å²) in [5, 5.41) is 0. The van der Waals surface area contributed by atoms with Crippen molar-refractivity contribution >= 4 is 23.5 Å². The summed E-state index contributed by atoms with van der Waals surface area (Å²) < 4.78 is 11.8. The first-order valence-corrected chi connectivity index (χ1v) is 8.62. The van der Waals surface area contributed by atoms with Crippen molar-refractivity contribution in [2.75, 3.05) is 0 Å². The van der Waals surface area contributed by atoms with E-state index in [9.17, 15) is 0 Å². The molecule has 0 amide bonds. The van der Waals surface area contributed by atoms with Gasteiger partial charge in [0.2, 0.25) is 5.89 Å². The van der Waals surface area contributed by atoms with Crippen LogP contribution in [0.15, 0.2) is 52.9 Å². The minimum absolute atomic E-state index is 0. The summed E-state index contributed by atoms with van der Waals surface area (Å²) in [5.74, 6) is 0.651. The molecule has 5 heteroatoms. The van der Waals surface area contributed by atoms with E-state index >= 15 is 0 Å². The van der Waals surface area contributed by atoms with Crippen LogP contribution in [0.25, 0.3) is 22.6 Å². The number of rotatable bonds is 4. The molecule has 0 bridgehead atoms. The van der Waals surface area contributed by atoms with Crippen molar-refractivity contribution in [3.8, 4) is 11.5 Å². The third-order valence-corrected chi connectivity index (χ3v) is 4.71. The van der Waals surface area contributed by atoms with E-state index in [1.54, 1.807) is 0 Å². The zero-order valence-corrected chi connectivity index (χ0v) is 14.9. The summed E-state index contributed by atoms with van der Waals surface area (Å²) in [6, 6.07) is 16.2. The van der Waals surface area contributed by atoms with E-state index in [1.165, 1.54) is 12.8 Å². The van der Waals surface area contributed by atoms with Gasteiger partial charge in [0, 0.05) is 11.6 Å². The fourth-order valence-corrected chi connectivity index (χ4v) is 3.27. The Morgan fingerprint density at radius 1 is 1.04 bits per heavy atom. The minimum Gasteiger partial charge on any atom is -0.436 e. The van der Waals surface area contributed by atoms with Gasteiger partial charge >= 0.3 is 0 Å². The van der Waals surface area contributed by atoms with Gasteiger partial charge in [-0.1, -0.05) is 37.1 Å². The second-order valence-corrected chi connectivity index (χ2v) is 6.48. The third-order valence-electron chi connectivity index (χ3n) is 4.71. The van der Waals surface area contributed by atoms with Gasteiger partial charge in [-0.2, -0.15) is 0 Å². The number of aromatic nitrogens is 1. The molecular weight excluding hydrogens is 336 g/mol. The molecule has 0 radical (unpaired) electrons. The Morgan fingerprint density at radius 2 is 1.80 bits per heavy atom. The van der Waals surface area contributed by atoms with Crippen LogP contribution in [0.4, 0.5) is 0 Å². The molecule has 3 aromatic rings. The Labute approximate surface area is 153 Å². The van der Waals surface area contributed by atoms with Crippen LogP contribution in [-0.4, -0.2) is 17.1 Å². The normalized spacial score (nSPS) is 20.4. The van der Waals surface area contributed by atoms with Crippen molar-refractivity contribution in [1.29, 1.82) is 0 Å². The van der Waals surface area contributed by atoms with Gasteiger partial charge in [0.1, 0.15) is 5.52 Å². The zero-order valence-electron chi connectivity index (χ0n) is 14.1. The van der Waals surface area contributed by atoms with Gasteiger partial charge < -0.3 is 14.9 Å². The standard InChI is InChI=1S/C20H22N2O2.ClH/c21-16-5-1-3-7-18(16)23-13-14-9-11-15(12-10-14)20-22-17-6-2-4-8-19(17)24-20;/h2,4,6,8-12,16,18H,1,3,5,7,13,21H2;1H/t16-,18+;/m0./s1. The number of nitrogens with two attached hydrogens (primary N) is 1. The average molecular weight is 359 g/mol. The van der Waals surface area contributed by atoms with Crippen molar-refractivity contribution in [3.63, 3.8) is 0 Å². The summed E-state index contributed by atoms with van der Waals surface area (Å²) >= 11 is 0. The Hall–Kier alpha value is -1.88. The van der Waals surface area contributed by atoms with E-state index in [2.05, 4.69) is 17.1 Å². The van der Waals surface area contributed by atoms with Gasteiger partial charge in [0.25, 0.3) is 0 Å². The molecule has 0 spiro atoms. The molecule has 2 aromatic carbocycles. The number of para-hydroxylation sites is 2. The van der Waals surface area contributed by atoms with Crippen LogP contribution >= 0.6 is 12.4 Å². The number of hydrogen-bond acceptors (Lipinski definition) is 4. The van der Waals surface area contributed by atoms with Crippen LogP contribution in [0.5, 0.6) is 0 Å². The molecule has 0 saturated heterocycles. The lowest BCUT2D eigenvalue weighted by atomic mass is 9.93. The van der Waals surface area contributed by atoms with Crippen molar-refractivity contribution in [2.45, 2.75) is 44.4 Å². The van der Waals surface area contributed by atoms with E-state index in [0.717, 1.165) is 35.1 Å². The van der Waals surface area contributed by atoms with E-state index in [1.807, 2.05) is 36.4 Å². The molecule has 25 heavy (non-hydrogen) atoms. The lowest BCUT2D eigenvalue weighted by Gasteiger charge is -2.28. The Kier molecular flexibility index (Phi) is 5.74. The molecule has 1 heterocycles. The van der Waals surface area contributed by atoms with Gasteiger partial charge in [-0.15, -0.1) is 12.4 Å². The van der Waals surface area contributed by atoms with Crippen molar-refractivity contribution in [1.82, 2.24) is 4.98 Å². The number of hydrogen-bond donors (Lipinski definition) is 1. The molecular formula is C20H23ClN2O2. The van der Waals surface area contributed by atoms with E-state index < -0.39 is 0 Å². The lowest BCUT2D eigenvalue weighted by molar-refractivity contribution is 0.00405. The summed E-state index contributed by atoms with van der Waals surface area (Å²) in [6.45, 7) is 0.603. The first-order chi connectivity index (χ1) is 11.8. The Balaban J connectivity index is 0.00000182. The fraction of sp³-hybridized carbons (Fsp3) is 0.350. The summed E-state index contributed by atoms with van der Waals surface area (Å²) in [5.41, 5.74) is 9.95. The smallest absolute Gasteiger partial charge is 0.227 e. The predicted octanol–water partition coefficient (Wildman–Crippen LogP) is 4.70. The largest absolute Gasteiger partial charge is 0.436 e. The van der Waals surface area contributed by atoms with E-state index in [-0.39, 0.29) is 24.6 Å². The second kappa shape index (κ2) is 8.00. The molecule has 2 N–H and O–H groups in total. The number of oxazole rings is 1. The highest BCUT2D eigenvalue weighted by Crippen LogP contribution is 2.25. The van der Waals surface area contributed by atoms with Crippen LogP contribution in [-0.2, 0) is 11.3 Å². The van der Waals surface area contributed by atoms with Crippen LogP contribution in [0.3, 0.4) is 0 Å². The molecule has 4 nitrogen and oxygen atoms in total. The number of ether oxygens (including phenoxy) is 1. The average Bonchev–Trinajstić information content (AvgIpc) is 3.06. The number of nitrogens with zero attached hydrogens (tertiary/aromatic N) is 1. The first kappa shape index (κ1) is 17.9. The van der Waals surface area contributed by atoms with Crippen LogP contribution in [0.2, 0.25) is 0 Å². The third kappa shape index (κ3) is 4.03. The van der Waals surface area contributed by atoms with Crippen molar-refractivity contribution < 1.29 is 9.15 Å². The first-order valence-electron chi connectivity index (χ1n) is 8.62. The van der Waals surface area contributed by atoms with Gasteiger partial charge in [-0.3, -0.25) is 0 Å². The maximum atomic E-state index is 6.13. The summed E-state index contributed by atoms with van der Waals surface area (Å²) in [7, 11) is 0. The molecule has 1 fully saturated rings. The monoisotopic (exact) mass is 358 g/mol. The SMILES string of the molecule is Cl.N[C@H]1CCCC[C@H]1OCc1ccc(-c2nc3ccccc3o2)cc1. The van der Waals surface area contributed by atoms with Gasteiger partial charge in [0.15, 0.2) is 5.58 Å².